The summed E-state index contributed by atoms with van der Waals surface area (Å²) in [4.78, 5) is 14.4. The van der Waals surface area contributed by atoms with Crippen molar-refractivity contribution < 1.29 is 18.7 Å². The summed E-state index contributed by atoms with van der Waals surface area (Å²) in [5, 5.41) is 0. The van der Waals surface area contributed by atoms with Crippen molar-refractivity contribution in [2.45, 2.75) is 50.2 Å². The molecule has 2 heterocycles. The van der Waals surface area contributed by atoms with Gasteiger partial charge in [0.05, 0.1) is 11.7 Å². The number of benzene rings is 1. The van der Waals surface area contributed by atoms with E-state index in [0.29, 0.717) is 24.8 Å². The van der Waals surface area contributed by atoms with Crippen LogP contribution in [0, 0.1) is 11.7 Å². The van der Waals surface area contributed by atoms with Crippen LogP contribution in [0.25, 0.3) is 0 Å². The van der Waals surface area contributed by atoms with Gasteiger partial charge in [0.25, 0.3) is 5.91 Å². The van der Waals surface area contributed by atoms with Crippen LogP contribution in [0.5, 0.6) is 0 Å². The molecular formula is C20H26FNO3. The monoisotopic (exact) mass is 347 g/mol. The van der Waals surface area contributed by atoms with Crippen LogP contribution in [0.1, 0.15) is 48.9 Å². The minimum absolute atomic E-state index is 0.0211. The first-order valence-electron chi connectivity index (χ1n) is 9.44. The largest absolute Gasteiger partial charge is 0.378 e. The summed E-state index contributed by atoms with van der Waals surface area (Å²) >= 11 is 0. The van der Waals surface area contributed by atoms with E-state index in [9.17, 15) is 9.18 Å². The van der Waals surface area contributed by atoms with Crippen LogP contribution in [-0.2, 0) is 9.47 Å². The SMILES string of the molecule is O=C(c1ccc(F)cc1)N1CCC2(CC1)CC(OCC1CC1)CCO2. The van der Waals surface area contributed by atoms with Crippen molar-refractivity contribution in [3.8, 4) is 0 Å². The fourth-order valence-electron chi connectivity index (χ4n) is 3.92. The predicted molar refractivity (Wildman–Crippen MR) is 91.9 cm³/mol. The van der Waals surface area contributed by atoms with Gasteiger partial charge >= 0.3 is 0 Å². The standard InChI is InChI=1S/C20H26FNO3/c21-17-5-3-16(4-6-17)19(23)22-10-8-20(9-11-22)13-18(7-12-25-20)24-14-15-1-2-15/h3-6,15,18H,1-2,7-14H2. The minimum atomic E-state index is -0.318. The molecule has 2 aliphatic heterocycles. The molecule has 1 saturated carbocycles. The Morgan fingerprint density at radius 2 is 1.92 bits per heavy atom. The van der Waals surface area contributed by atoms with E-state index in [1.807, 2.05) is 4.90 Å². The zero-order valence-electron chi connectivity index (χ0n) is 14.6. The van der Waals surface area contributed by atoms with Gasteiger partial charge in [-0.2, -0.15) is 0 Å². The summed E-state index contributed by atoms with van der Waals surface area (Å²) in [7, 11) is 0. The fourth-order valence-corrected chi connectivity index (χ4v) is 3.92. The van der Waals surface area contributed by atoms with E-state index >= 15 is 0 Å². The van der Waals surface area contributed by atoms with Gasteiger partial charge < -0.3 is 14.4 Å². The summed E-state index contributed by atoms with van der Waals surface area (Å²) in [6.07, 6.45) is 6.55. The number of piperidine rings is 1. The summed E-state index contributed by atoms with van der Waals surface area (Å²) in [5.74, 6) is 0.447. The average Bonchev–Trinajstić information content (AvgIpc) is 3.45. The van der Waals surface area contributed by atoms with E-state index in [1.165, 1.54) is 25.0 Å². The number of carbonyl (C=O) groups is 1. The average molecular weight is 347 g/mol. The quantitative estimate of drug-likeness (QED) is 0.838. The molecule has 1 unspecified atom stereocenters. The van der Waals surface area contributed by atoms with Crippen molar-refractivity contribution in [1.82, 2.24) is 4.90 Å². The van der Waals surface area contributed by atoms with Crippen molar-refractivity contribution >= 4 is 5.91 Å². The zero-order valence-corrected chi connectivity index (χ0v) is 14.6. The van der Waals surface area contributed by atoms with E-state index in [4.69, 9.17) is 9.47 Å². The second kappa shape index (κ2) is 7.04. The molecule has 1 aliphatic carbocycles. The molecule has 0 radical (unpaired) electrons. The van der Waals surface area contributed by atoms with E-state index < -0.39 is 0 Å². The van der Waals surface area contributed by atoms with Crippen LogP contribution in [0.15, 0.2) is 24.3 Å². The highest BCUT2D eigenvalue weighted by Crippen LogP contribution is 2.37. The van der Waals surface area contributed by atoms with E-state index in [1.54, 1.807) is 12.1 Å². The fraction of sp³-hybridized carbons (Fsp3) is 0.650. The second-order valence-corrected chi connectivity index (χ2v) is 7.72. The molecule has 5 heteroatoms. The lowest BCUT2D eigenvalue weighted by molar-refractivity contribution is -0.153. The molecule has 2 saturated heterocycles. The predicted octanol–water partition coefficient (Wildman–Crippen LogP) is 3.41. The molecule has 4 nitrogen and oxygen atoms in total. The Hall–Kier alpha value is -1.46. The lowest BCUT2D eigenvalue weighted by atomic mass is 9.83. The van der Waals surface area contributed by atoms with Crippen LogP contribution < -0.4 is 0 Å². The Kier molecular flexibility index (Phi) is 4.78. The molecule has 4 rings (SSSR count). The van der Waals surface area contributed by atoms with Crippen molar-refractivity contribution in [3.63, 3.8) is 0 Å². The lowest BCUT2D eigenvalue weighted by Crippen LogP contribution is -2.52. The molecule has 1 aromatic carbocycles. The maximum Gasteiger partial charge on any atom is 0.253 e. The molecule has 1 spiro atoms. The maximum atomic E-state index is 13.0. The zero-order chi connectivity index (χ0) is 17.3. The van der Waals surface area contributed by atoms with Gasteiger partial charge in [-0.1, -0.05) is 0 Å². The highest BCUT2D eigenvalue weighted by Gasteiger charge is 2.42. The summed E-state index contributed by atoms with van der Waals surface area (Å²) in [6.45, 7) is 3.02. The molecule has 1 aromatic rings. The van der Waals surface area contributed by atoms with Gasteiger partial charge in [-0.05, 0) is 62.3 Å². The third kappa shape index (κ3) is 4.04. The van der Waals surface area contributed by atoms with Crippen LogP contribution in [-0.4, -0.2) is 48.8 Å². The summed E-state index contributed by atoms with van der Waals surface area (Å²) in [6, 6.07) is 5.79. The molecule has 3 fully saturated rings. The normalized spacial score (nSPS) is 26.0. The molecule has 1 atom stereocenters. The van der Waals surface area contributed by atoms with Crippen LogP contribution in [0.4, 0.5) is 4.39 Å². The number of hydrogen-bond donors (Lipinski definition) is 0. The minimum Gasteiger partial charge on any atom is -0.378 e. The number of rotatable bonds is 4. The summed E-state index contributed by atoms with van der Waals surface area (Å²) < 4.78 is 25.3. The molecular weight excluding hydrogens is 321 g/mol. The highest BCUT2D eigenvalue weighted by atomic mass is 19.1. The maximum absolute atomic E-state index is 13.0. The number of ether oxygens (including phenoxy) is 2. The van der Waals surface area contributed by atoms with Crippen molar-refractivity contribution in [2.75, 3.05) is 26.3 Å². The molecule has 25 heavy (non-hydrogen) atoms. The van der Waals surface area contributed by atoms with Crippen LogP contribution in [0.3, 0.4) is 0 Å². The van der Waals surface area contributed by atoms with Crippen molar-refractivity contribution in [3.05, 3.63) is 35.6 Å². The Labute approximate surface area is 148 Å². The number of hydrogen-bond acceptors (Lipinski definition) is 3. The third-order valence-corrected chi connectivity index (χ3v) is 5.77. The van der Waals surface area contributed by atoms with Crippen molar-refractivity contribution in [2.24, 2.45) is 5.92 Å². The van der Waals surface area contributed by atoms with Crippen LogP contribution >= 0.6 is 0 Å². The first-order chi connectivity index (χ1) is 12.1. The summed E-state index contributed by atoms with van der Waals surface area (Å²) in [5.41, 5.74) is 0.416. The number of amides is 1. The number of halogens is 1. The van der Waals surface area contributed by atoms with Gasteiger partial charge in [0.15, 0.2) is 0 Å². The Bertz CT molecular complexity index is 606. The Balaban J connectivity index is 1.32. The number of nitrogens with zero attached hydrogens (tertiary/aromatic N) is 1. The van der Waals surface area contributed by atoms with Gasteiger partial charge in [0.2, 0.25) is 0 Å². The molecule has 0 bridgehead atoms. The first-order valence-corrected chi connectivity index (χ1v) is 9.44. The molecule has 3 aliphatic rings. The van der Waals surface area contributed by atoms with Gasteiger partial charge in [-0.15, -0.1) is 0 Å². The van der Waals surface area contributed by atoms with E-state index in [-0.39, 0.29) is 17.3 Å². The second-order valence-electron chi connectivity index (χ2n) is 7.72. The molecule has 1 amide bonds. The van der Waals surface area contributed by atoms with Gasteiger partial charge in [-0.3, -0.25) is 4.79 Å². The highest BCUT2D eigenvalue weighted by molar-refractivity contribution is 5.94. The molecule has 0 N–H and O–H groups in total. The topological polar surface area (TPSA) is 38.8 Å². The van der Waals surface area contributed by atoms with Gasteiger partial charge in [0.1, 0.15) is 5.82 Å². The van der Waals surface area contributed by atoms with Crippen LogP contribution in [0.2, 0.25) is 0 Å². The first kappa shape index (κ1) is 17.0. The Morgan fingerprint density at radius 3 is 2.60 bits per heavy atom. The smallest absolute Gasteiger partial charge is 0.253 e. The van der Waals surface area contributed by atoms with Crippen molar-refractivity contribution in [1.29, 1.82) is 0 Å². The van der Waals surface area contributed by atoms with Gasteiger partial charge in [-0.25, -0.2) is 4.39 Å². The molecule has 0 aromatic heterocycles. The Morgan fingerprint density at radius 1 is 1.20 bits per heavy atom. The lowest BCUT2D eigenvalue weighted by Gasteiger charge is -2.46. The van der Waals surface area contributed by atoms with E-state index in [0.717, 1.165) is 44.8 Å². The number of likely N-dealkylation sites (tertiary alicyclic amines) is 1. The van der Waals surface area contributed by atoms with Gasteiger partial charge in [0, 0.05) is 38.3 Å². The third-order valence-electron chi connectivity index (χ3n) is 5.77. The molecule has 136 valence electrons. The number of carbonyl (C=O) groups excluding carboxylic acids is 1. The van der Waals surface area contributed by atoms with E-state index in [2.05, 4.69) is 0 Å².